The summed E-state index contributed by atoms with van der Waals surface area (Å²) in [6.45, 7) is 18.5. The Bertz CT molecular complexity index is 2300. The van der Waals surface area contributed by atoms with E-state index < -0.39 is 11.7 Å². The van der Waals surface area contributed by atoms with Gasteiger partial charge in [0.05, 0.1) is 39.6 Å². The van der Waals surface area contributed by atoms with Gasteiger partial charge in [-0.1, -0.05) is 64.3 Å². The predicted molar refractivity (Wildman–Crippen MR) is 284 cm³/mol. The van der Waals surface area contributed by atoms with E-state index in [4.69, 9.17) is 30.5 Å². The van der Waals surface area contributed by atoms with Crippen molar-refractivity contribution in [1.82, 2.24) is 50.2 Å². The predicted octanol–water partition coefficient (Wildman–Crippen LogP) is 8.23. The van der Waals surface area contributed by atoms with E-state index >= 15 is 0 Å². The molecule has 0 aliphatic heterocycles. The number of carbonyl (C=O) groups is 1. The fraction of sp³-hybridized carbons (Fsp3) is 0.542. The molecule has 3 heterocycles. The number of nitrogens with one attached hydrogen (secondary N) is 9. The summed E-state index contributed by atoms with van der Waals surface area (Å²) >= 11 is 6.34. The molecule has 0 fully saturated rings. The van der Waals surface area contributed by atoms with Crippen LogP contribution in [0, 0.1) is 0 Å². The molecule has 0 aliphatic rings. The lowest BCUT2D eigenvalue weighted by Crippen LogP contribution is -2.34. The number of aromatic nitrogens is 9. The fourth-order valence-electron chi connectivity index (χ4n) is 6.17. The molecule has 0 radical (unpaired) electrons. The molecule has 0 aliphatic carbocycles. The minimum absolute atomic E-state index is 0.0380. The highest BCUT2D eigenvalue weighted by Gasteiger charge is 2.16. The van der Waals surface area contributed by atoms with Crippen LogP contribution in [0.1, 0.15) is 91.2 Å². The quantitative estimate of drug-likeness (QED) is 0.0173. The molecule has 5 aromatic rings. The third-order valence-corrected chi connectivity index (χ3v) is 10.00. The standard InChI is InChI=1S/C48H73ClN18O5/c1-7-10-21-50-39-61-40(51-22-11-8-2)64-43(63-39)55-32-34-13-17-36(18-14-34)57-45-59-38(49)60-46(67-45)58-37-19-15-35(16-20-37)33-56-44-65-41(52-23-12-9-3)62-42(66-44)53-24-26-69-28-30-71-31-29-70-27-25-54-47(68)72-48(4,5)6/h13-20H,7-12,21-33H2,1-6H3,(H,54,68)(H2,57,58,59,60,67)(H3,50,51,55,61,63,64)(H3,52,53,56,62,65,66). The van der Waals surface area contributed by atoms with Crippen LogP contribution in [0.25, 0.3) is 0 Å². The summed E-state index contributed by atoms with van der Waals surface area (Å²) in [6, 6.07) is 15.6. The molecule has 24 heteroatoms. The monoisotopic (exact) mass is 1020 g/mol. The number of carbonyl (C=O) groups excluding carboxylic acids is 1. The van der Waals surface area contributed by atoms with Gasteiger partial charge >= 0.3 is 6.09 Å². The van der Waals surface area contributed by atoms with E-state index in [0.717, 1.165) is 80.7 Å². The van der Waals surface area contributed by atoms with Crippen molar-refractivity contribution in [3.05, 3.63) is 64.9 Å². The average molecular weight is 1020 g/mol. The third kappa shape index (κ3) is 23.0. The molecule has 9 N–H and O–H groups in total. The summed E-state index contributed by atoms with van der Waals surface area (Å²) < 4.78 is 22.0. The van der Waals surface area contributed by atoms with Gasteiger partial charge in [0.1, 0.15) is 5.60 Å². The number of benzene rings is 2. The highest BCUT2D eigenvalue weighted by Crippen LogP contribution is 2.21. The van der Waals surface area contributed by atoms with Gasteiger partial charge in [-0.05, 0) is 87.0 Å². The zero-order chi connectivity index (χ0) is 51.2. The number of halogens is 1. The van der Waals surface area contributed by atoms with E-state index in [0.29, 0.717) is 102 Å². The molecule has 392 valence electrons. The number of nitrogens with zero attached hydrogens (tertiary/aromatic N) is 9. The second-order valence-corrected chi connectivity index (χ2v) is 17.6. The normalized spacial score (nSPS) is 11.2. The second kappa shape index (κ2) is 31.6. The number of hydrogen-bond donors (Lipinski definition) is 9. The van der Waals surface area contributed by atoms with Gasteiger partial charge < -0.3 is 66.8 Å². The molecule has 0 spiro atoms. The van der Waals surface area contributed by atoms with E-state index in [1.165, 1.54) is 0 Å². The molecule has 0 bridgehead atoms. The number of unbranched alkanes of at least 4 members (excludes halogenated alkanes) is 3. The molecule has 1 amide bonds. The van der Waals surface area contributed by atoms with Crippen LogP contribution in [0.3, 0.4) is 0 Å². The molecule has 3 aromatic heterocycles. The van der Waals surface area contributed by atoms with Gasteiger partial charge in [0.15, 0.2) is 0 Å². The number of amides is 1. The summed E-state index contributed by atoms with van der Waals surface area (Å²) in [6.07, 6.45) is 5.76. The summed E-state index contributed by atoms with van der Waals surface area (Å²) in [5, 5.41) is 28.9. The van der Waals surface area contributed by atoms with Crippen molar-refractivity contribution in [3.8, 4) is 0 Å². The lowest BCUT2D eigenvalue weighted by molar-refractivity contribution is 0.0157. The van der Waals surface area contributed by atoms with Crippen molar-refractivity contribution >= 4 is 76.7 Å². The molecule has 0 unspecified atom stereocenters. The van der Waals surface area contributed by atoms with Crippen LogP contribution in [0.4, 0.5) is 63.8 Å². The molecular weight excluding hydrogens is 944 g/mol. The Kier molecular flexibility index (Phi) is 24.7. The van der Waals surface area contributed by atoms with Gasteiger partial charge in [0, 0.05) is 57.2 Å². The van der Waals surface area contributed by atoms with Gasteiger partial charge in [-0.15, -0.1) is 0 Å². The van der Waals surface area contributed by atoms with Crippen LogP contribution >= 0.6 is 11.6 Å². The van der Waals surface area contributed by atoms with Gasteiger partial charge in [-0.25, -0.2) is 4.79 Å². The van der Waals surface area contributed by atoms with Gasteiger partial charge in [0.2, 0.25) is 52.9 Å². The largest absolute Gasteiger partial charge is 0.444 e. The maximum atomic E-state index is 11.7. The van der Waals surface area contributed by atoms with Crippen LogP contribution < -0.4 is 47.9 Å². The van der Waals surface area contributed by atoms with Crippen molar-refractivity contribution in [2.24, 2.45) is 0 Å². The SMILES string of the molecule is CCCCNc1nc(NCCCC)nc(NCc2ccc(Nc3nc(Cl)nc(Nc4ccc(CNc5nc(NCCCC)nc(NCCOCCOCCOCCNC(=O)OC(C)(C)C)n5)cc4)n3)cc2)n1. The minimum atomic E-state index is -0.538. The number of ether oxygens (including phenoxy) is 4. The van der Waals surface area contributed by atoms with E-state index in [1.54, 1.807) is 0 Å². The smallest absolute Gasteiger partial charge is 0.407 e. The van der Waals surface area contributed by atoms with Gasteiger partial charge in [-0.2, -0.15) is 44.9 Å². The van der Waals surface area contributed by atoms with Crippen molar-refractivity contribution in [2.75, 3.05) is 115 Å². The first-order valence-corrected chi connectivity index (χ1v) is 25.1. The van der Waals surface area contributed by atoms with E-state index in [2.05, 4.69) is 113 Å². The Labute approximate surface area is 427 Å². The minimum Gasteiger partial charge on any atom is -0.444 e. The Morgan fingerprint density at radius 3 is 1.19 bits per heavy atom. The highest BCUT2D eigenvalue weighted by atomic mass is 35.5. The average Bonchev–Trinajstić information content (AvgIpc) is 3.34. The van der Waals surface area contributed by atoms with Crippen molar-refractivity contribution in [2.45, 2.75) is 98.8 Å². The van der Waals surface area contributed by atoms with Crippen molar-refractivity contribution in [1.29, 1.82) is 0 Å². The van der Waals surface area contributed by atoms with Crippen molar-refractivity contribution in [3.63, 3.8) is 0 Å². The fourth-order valence-corrected chi connectivity index (χ4v) is 6.33. The Morgan fingerprint density at radius 1 is 0.458 bits per heavy atom. The summed E-state index contributed by atoms with van der Waals surface area (Å²) in [5.41, 5.74) is 3.01. The zero-order valence-corrected chi connectivity index (χ0v) is 43.3. The van der Waals surface area contributed by atoms with Crippen LogP contribution in [-0.2, 0) is 32.0 Å². The van der Waals surface area contributed by atoms with Crippen LogP contribution in [0.2, 0.25) is 5.28 Å². The summed E-state index contributed by atoms with van der Waals surface area (Å²) in [5.74, 6) is 3.47. The van der Waals surface area contributed by atoms with Gasteiger partial charge in [0.25, 0.3) is 0 Å². The van der Waals surface area contributed by atoms with Crippen LogP contribution in [0.15, 0.2) is 48.5 Å². The topological polar surface area (TPSA) is 278 Å². The van der Waals surface area contributed by atoms with Crippen molar-refractivity contribution < 1.29 is 23.7 Å². The number of hydrogen-bond acceptors (Lipinski definition) is 22. The first-order valence-electron chi connectivity index (χ1n) is 24.8. The zero-order valence-electron chi connectivity index (χ0n) is 42.5. The molecule has 2 aromatic carbocycles. The molecular formula is C48H73ClN18O5. The Balaban J connectivity index is 1.04. The number of rotatable bonds is 35. The first kappa shape index (κ1) is 56.2. The number of anilines is 10. The van der Waals surface area contributed by atoms with E-state index in [1.807, 2.05) is 69.3 Å². The summed E-state index contributed by atoms with van der Waals surface area (Å²) in [7, 11) is 0. The van der Waals surface area contributed by atoms with Crippen LogP contribution in [0.5, 0.6) is 0 Å². The van der Waals surface area contributed by atoms with Gasteiger partial charge in [-0.3, -0.25) is 0 Å². The molecule has 0 saturated heterocycles. The highest BCUT2D eigenvalue weighted by molar-refractivity contribution is 6.28. The molecule has 23 nitrogen and oxygen atoms in total. The Morgan fingerprint density at radius 2 is 0.806 bits per heavy atom. The maximum Gasteiger partial charge on any atom is 0.407 e. The van der Waals surface area contributed by atoms with Crippen LogP contribution in [-0.4, -0.2) is 129 Å². The maximum absolute atomic E-state index is 11.7. The lowest BCUT2D eigenvalue weighted by Gasteiger charge is -2.19. The Hall–Kier alpha value is -6.69. The lowest BCUT2D eigenvalue weighted by atomic mass is 10.2. The number of alkyl carbamates (subject to hydrolysis) is 1. The molecule has 5 rings (SSSR count). The van der Waals surface area contributed by atoms with E-state index in [-0.39, 0.29) is 17.2 Å². The van der Waals surface area contributed by atoms with E-state index in [9.17, 15) is 4.79 Å². The first-order chi connectivity index (χ1) is 35.0. The third-order valence-electron chi connectivity index (χ3n) is 9.83. The molecule has 0 saturated carbocycles. The second-order valence-electron chi connectivity index (χ2n) is 17.2. The molecule has 0 atom stereocenters. The summed E-state index contributed by atoms with van der Waals surface area (Å²) in [4.78, 5) is 52.2. The molecule has 72 heavy (non-hydrogen) atoms.